The van der Waals surface area contributed by atoms with Gasteiger partial charge in [-0.1, -0.05) is 9.15 Å². The largest absolute Gasteiger partial charge is 0.704 e. The van der Waals surface area contributed by atoms with Crippen LogP contribution in [0.3, 0.4) is 0 Å². The second kappa shape index (κ2) is 6.69. The zero-order valence-corrected chi connectivity index (χ0v) is 21.3. The van der Waals surface area contributed by atoms with E-state index in [-0.39, 0.29) is 0 Å². The Kier molecular flexibility index (Phi) is 4.44. The molecule has 4 heteroatoms. The van der Waals surface area contributed by atoms with Crippen LogP contribution in [0.4, 0.5) is 0 Å². The molecule has 0 atom stereocenters. The summed E-state index contributed by atoms with van der Waals surface area (Å²) in [7, 11) is 0. The molecule has 0 saturated carbocycles. The molecule has 1 fully saturated rings. The van der Waals surface area contributed by atoms with E-state index >= 15 is 0 Å². The molecule has 0 aliphatic carbocycles. The molecular weight excluding hydrogens is 396 g/mol. The molecule has 0 unspecified atom stereocenters. The van der Waals surface area contributed by atoms with Crippen LogP contribution in [-0.2, 0) is 0 Å². The van der Waals surface area contributed by atoms with Gasteiger partial charge in [0.1, 0.15) is 0 Å². The van der Waals surface area contributed by atoms with Crippen molar-refractivity contribution in [3.63, 3.8) is 0 Å². The number of hydrogen-bond acceptors (Lipinski definition) is 2. The van der Waals surface area contributed by atoms with Crippen molar-refractivity contribution in [1.29, 1.82) is 0 Å². The zero-order valence-electron chi connectivity index (χ0n) is 21.3. The summed E-state index contributed by atoms with van der Waals surface area (Å²) in [6.07, 6.45) is 1.07. The van der Waals surface area contributed by atoms with Crippen LogP contribution in [0.5, 0.6) is 11.5 Å². The number of ether oxygens (including phenoxy) is 2. The first-order valence-corrected chi connectivity index (χ1v) is 11.8. The van der Waals surface area contributed by atoms with Crippen LogP contribution in [0.2, 0.25) is 0 Å². The number of rotatable bonds is 0. The lowest BCUT2D eigenvalue weighted by Crippen LogP contribution is -2.69. The Bertz CT molecular complexity index is 1190. The summed E-state index contributed by atoms with van der Waals surface area (Å²) in [6.45, 7) is 24.0. The van der Waals surface area contributed by atoms with E-state index in [1.54, 1.807) is 0 Å². The maximum absolute atomic E-state index is 7.03. The number of fused-ring (bicyclic) bond motifs is 2. The molecule has 0 amide bonds. The van der Waals surface area contributed by atoms with E-state index in [4.69, 9.17) is 9.47 Å². The van der Waals surface area contributed by atoms with E-state index in [1.807, 2.05) is 0 Å². The standard InChI is InChI=1S/C28H36N2O2/c1-14-16(3)20(7)26-24(18(14)5)22(9)29-12-11-13-30-23(10)25-19(6)15(2)17(4)21(8)27(25)32-28(29,30)31-26/h11-13H2,1-10H3/q+2. The van der Waals surface area contributed by atoms with Crippen molar-refractivity contribution in [3.05, 3.63) is 55.6 Å². The minimum absolute atomic E-state index is 0.915. The van der Waals surface area contributed by atoms with Gasteiger partial charge in [-0.05, 0) is 99.9 Å². The van der Waals surface area contributed by atoms with Crippen molar-refractivity contribution in [2.45, 2.75) is 81.7 Å². The van der Waals surface area contributed by atoms with Crippen LogP contribution in [0.15, 0.2) is 0 Å². The van der Waals surface area contributed by atoms with Gasteiger partial charge in [0.05, 0.1) is 17.5 Å². The van der Waals surface area contributed by atoms with Crippen molar-refractivity contribution in [2.24, 2.45) is 0 Å². The molecule has 0 radical (unpaired) electrons. The van der Waals surface area contributed by atoms with Crippen LogP contribution in [0.1, 0.15) is 75.9 Å². The summed E-state index contributed by atoms with van der Waals surface area (Å²) in [4.78, 5) is 0. The summed E-state index contributed by atoms with van der Waals surface area (Å²) in [5.74, 6) is 1.95. The normalized spacial score (nSPS) is 18.4. The van der Waals surface area contributed by atoms with Crippen LogP contribution in [0, 0.1) is 55.4 Å². The Morgan fingerprint density at radius 3 is 1.22 bits per heavy atom. The van der Waals surface area contributed by atoms with Gasteiger partial charge in [-0.2, -0.15) is 0 Å². The maximum Gasteiger partial charge on any atom is 0.704 e. The van der Waals surface area contributed by atoms with Gasteiger partial charge in [0, 0.05) is 13.8 Å². The Morgan fingerprint density at radius 2 is 0.844 bits per heavy atom. The Morgan fingerprint density at radius 1 is 0.500 bits per heavy atom. The number of hydrogen-bond donors (Lipinski definition) is 0. The summed E-state index contributed by atoms with van der Waals surface area (Å²) in [5.41, 5.74) is 15.3. The van der Waals surface area contributed by atoms with Crippen molar-refractivity contribution in [2.75, 3.05) is 13.1 Å². The number of nitrogens with zero attached hydrogens (tertiary/aromatic N) is 2. The summed E-state index contributed by atoms with van der Waals surface area (Å²) >= 11 is 0. The van der Waals surface area contributed by atoms with E-state index in [9.17, 15) is 0 Å². The van der Waals surface area contributed by atoms with Gasteiger partial charge in [0.2, 0.25) is 0 Å². The van der Waals surface area contributed by atoms with Gasteiger partial charge in [0.25, 0.3) is 0 Å². The lowest BCUT2D eigenvalue weighted by molar-refractivity contribution is -0.927. The van der Waals surface area contributed by atoms with Gasteiger partial charge in [-0.3, -0.25) is 0 Å². The molecule has 1 spiro atoms. The minimum atomic E-state index is -0.968. The fourth-order valence-electron chi connectivity index (χ4n) is 6.03. The van der Waals surface area contributed by atoms with Crippen LogP contribution in [-0.4, -0.2) is 39.7 Å². The van der Waals surface area contributed by atoms with E-state index in [0.717, 1.165) is 31.0 Å². The highest BCUT2D eigenvalue weighted by atomic mass is 16.7. The van der Waals surface area contributed by atoms with Crippen LogP contribution in [0.25, 0.3) is 0 Å². The molecule has 0 bridgehead atoms. The highest BCUT2D eigenvalue weighted by molar-refractivity contribution is 6.02. The predicted molar refractivity (Wildman–Crippen MR) is 129 cm³/mol. The summed E-state index contributed by atoms with van der Waals surface area (Å²) < 4.78 is 18.8. The lowest BCUT2D eigenvalue weighted by Gasteiger charge is -2.38. The third kappa shape index (κ3) is 2.39. The first-order chi connectivity index (χ1) is 15.0. The molecule has 5 rings (SSSR count). The third-order valence-corrected chi connectivity index (χ3v) is 8.71. The fourth-order valence-corrected chi connectivity index (χ4v) is 6.03. The van der Waals surface area contributed by atoms with Gasteiger partial charge in [-0.15, -0.1) is 0 Å². The molecular formula is C28H36N2O2+2. The minimum Gasteiger partial charge on any atom is -0.340 e. The smallest absolute Gasteiger partial charge is 0.340 e. The van der Waals surface area contributed by atoms with Crippen molar-refractivity contribution in [1.82, 2.24) is 0 Å². The second-order valence-electron chi connectivity index (χ2n) is 9.99. The monoisotopic (exact) mass is 432 g/mol. The molecule has 3 aliphatic rings. The SMILES string of the molecule is CC1=[N+]2CCC[N+]3=C(C)c4c(C)c(C)c(C)c(C)c4OC23Oc2c(C)c(C)c(C)c(C)c21. The summed E-state index contributed by atoms with van der Waals surface area (Å²) in [5, 5.41) is 0. The molecule has 2 aromatic carbocycles. The van der Waals surface area contributed by atoms with Crippen LogP contribution < -0.4 is 9.47 Å². The first-order valence-electron chi connectivity index (χ1n) is 11.8. The van der Waals surface area contributed by atoms with E-state index in [1.165, 1.54) is 67.1 Å². The average Bonchev–Trinajstić information content (AvgIpc) is 2.77. The van der Waals surface area contributed by atoms with E-state index in [0.29, 0.717) is 0 Å². The van der Waals surface area contributed by atoms with E-state index in [2.05, 4.69) is 78.4 Å². The lowest BCUT2D eigenvalue weighted by atomic mass is 9.89. The Balaban J connectivity index is 1.87. The molecule has 4 nitrogen and oxygen atoms in total. The van der Waals surface area contributed by atoms with Gasteiger partial charge < -0.3 is 9.47 Å². The first kappa shape index (κ1) is 21.2. The van der Waals surface area contributed by atoms with Gasteiger partial charge in [0.15, 0.2) is 36.0 Å². The third-order valence-electron chi connectivity index (χ3n) is 8.71. The van der Waals surface area contributed by atoms with Gasteiger partial charge >= 0.3 is 6.03 Å². The summed E-state index contributed by atoms with van der Waals surface area (Å²) in [6, 6.07) is -0.968. The van der Waals surface area contributed by atoms with Crippen molar-refractivity contribution >= 4 is 11.4 Å². The molecule has 32 heavy (non-hydrogen) atoms. The molecule has 0 aromatic heterocycles. The highest BCUT2D eigenvalue weighted by Gasteiger charge is 2.68. The Hall–Kier alpha value is -2.62. The topological polar surface area (TPSA) is 24.5 Å². The molecule has 2 aromatic rings. The van der Waals surface area contributed by atoms with Crippen molar-refractivity contribution < 1.29 is 18.6 Å². The molecule has 1 saturated heterocycles. The maximum atomic E-state index is 7.03. The molecule has 3 aliphatic heterocycles. The second-order valence-corrected chi connectivity index (χ2v) is 9.99. The highest BCUT2D eigenvalue weighted by Crippen LogP contribution is 2.45. The zero-order chi connectivity index (χ0) is 23.3. The van der Waals surface area contributed by atoms with Crippen molar-refractivity contribution in [3.8, 4) is 11.5 Å². The fraction of sp³-hybridized carbons (Fsp3) is 0.500. The predicted octanol–water partition coefficient (Wildman–Crippen LogP) is 5.30. The Labute approximate surface area is 192 Å². The van der Waals surface area contributed by atoms with E-state index < -0.39 is 6.03 Å². The number of benzene rings is 2. The molecule has 0 N–H and O–H groups in total. The van der Waals surface area contributed by atoms with Crippen LogP contribution >= 0.6 is 0 Å². The average molecular weight is 433 g/mol. The van der Waals surface area contributed by atoms with Gasteiger partial charge in [-0.25, -0.2) is 0 Å². The quantitative estimate of drug-likeness (QED) is 0.528. The molecule has 3 heterocycles. The molecule has 168 valence electrons.